The first-order valence-electron chi connectivity index (χ1n) is 7.50. The predicted octanol–water partition coefficient (Wildman–Crippen LogP) is 1.25. The Morgan fingerprint density at radius 3 is 2.36 bits per heavy atom. The summed E-state index contributed by atoms with van der Waals surface area (Å²) in [5.74, 6) is -2.77. The number of anilines is 1. The Morgan fingerprint density at radius 1 is 1.40 bits per heavy atom. The van der Waals surface area contributed by atoms with E-state index in [1.807, 2.05) is 12.2 Å². The Hall–Kier alpha value is -2.04. The number of aliphatic hydroxyl groups is 2. The number of carbonyl (C=O) groups excluding carboxylic acids is 1. The van der Waals surface area contributed by atoms with Gasteiger partial charge in [-0.05, 0) is 34.1 Å². The summed E-state index contributed by atoms with van der Waals surface area (Å²) in [6, 6.07) is -0.286. The van der Waals surface area contributed by atoms with Gasteiger partial charge in [-0.3, -0.25) is 9.88 Å². The van der Waals surface area contributed by atoms with Crippen LogP contribution in [-0.4, -0.2) is 52.0 Å². The van der Waals surface area contributed by atoms with Gasteiger partial charge in [0.1, 0.15) is 0 Å². The predicted molar refractivity (Wildman–Crippen MR) is 88.8 cm³/mol. The summed E-state index contributed by atoms with van der Waals surface area (Å²) in [7, 11) is 2.69. The van der Waals surface area contributed by atoms with Crippen molar-refractivity contribution in [2.24, 2.45) is 0 Å². The number of amides is 1. The molecule has 2 atom stereocenters. The average Bonchev–Trinajstić information content (AvgIpc) is 2.48. The molecule has 0 aliphatic carbocycles. The molecule has 0 spiro atoms. The van der Waals surface area contributed by atoms with E-state index >= 15 is 0 Å². The zero-order valence-corrected chi connectivity index (χ0v) is 15.2. The van der Waals surface area contributed by atoms with Crippen LogP contribution < -0.4 is 11.0 Å². The molecule has 25 heavy (non-hydrogen) atoms. The molecular formula is C15H26FN3O6. The molecule has 1 rings (SSSR count). The van der Waals surface area contributed by atoms with Crippen LogP contribution in [0.3, 0.4) is 0 Å². The molecule has 1 aromatic heterocycles. The standard InChI is InChI=1S/C12H18FN3O4.C3H8O2/c1-7(5-8(2)19-3)16-6-9(13)10(14-11(16)17)15-12(18)20-4;1-3(2,4)5/h6-8H,5H2,1-4H3,(H,14,15,17,18);4-5H,1-2H3. The lowest BCUT2D eigenvalue weighted by molar-refractivity contribution is -0.127. The Kier molecular flexibility index (Phi) is 9.24. The fraction of sp³-hybridized carbons (Fsp3) is 0.667. The number of hydrogen-bond donors (Lipinski definition) is 3. The van der Waals surface area contributed by atoms with E-state index in [2.05, 4.69) is 9.72 Å². The van der Waals surface area contributed by atoms with Gasteiger partial charge >= 0.3 is 11.8 Å². The van der Waals surface area contributed by atoms with Crippen LogP contribution >= 0.6 is 0 Å². The Balaban J connectivity index is 0.00000101. The number of rotatable bonds is 5. The van der Waals surface area contributed by atoms with Crippen molar-refractivity contribution in [3.8, 4) is 0 Å². The van der Waals surface area contributed by atoms with Crippen molar-refractivity contribution in [3.05, 3.63) is 22.5 Å². The van der Waals surface area contributed by atoms with Crippen molar-refractivity contribution in [1.82, 2.24) is 9.55 Å². The molecule has 0 aromatic carbocycles. The second kappa shape index (κ2) is 10.1. The third-order valence-corrected chi connectivity index (χ3v) is 2.86. The number of nitrogens with one attached hydrogen (secondary N) is 1. The van der Waals surface area contributed by atoms with Gasteiger partial charge in [0.2, 0.25) is 0 Å². The molecule has 0 radical (unpaired) electrons. The maximum absolute atomic E-state index is 13.8. The van der Waals surface area contributed by atoms with Crippen molar-refractivity contribution >= 4 is 11.9 Å². The number of aromatic nitrogens is 2. The number of ether oxygens (including phenoxy) is 2. The van der Waals surface area contributed by atoms with E-state index in [1.165, 1.54) is 13.8 Å². The Labute approximate surface area is 145 Å². The van der Waals surface area contributed by atoms with E-state index in [0.717, 1.165) is 17.9 Å². The van der Waals surface area contributed by atoms with Gasteiger partial charge in [-0.1, -0.05) is 0 Å². The van der Waals surface area contributed by atoms with E-state index < -0.39 is 29.2 Å². The van der Waals surface area contributed by atoms with Crippen LogP contribution in [0.4, 0.5) is 15.0 Å². The van der Waals surface area contributed by atoms with Gasteiger partial charge in [0.15, 0.2) is 17.4 Å². The zero-order valence-electron chi connectivity index (χ0n) is 15.2. The summed E-state index contributed by atoms with van der Waals surface area (Å²) >= 11 is 0. The molecule has 0 bridgehead atoms. The third kappa shape index (κ3) is 9.75. The highest BCUT2D eigenvalue weighted by molar-refractivity contribution is 5.83. The van der Waals surface area contributed by atoms with Gasteiger partial charge in [0.05, 0.1) is 13.2 Å². The van der Waals surface area contributed by atoms with Gasteiger partial charge in [-0.25, -0.2) is 14.0 Å². The molecule has 10 heteroatoms. The fourth-order valence-electron chi connectivity index (χ4n) is 1.69. The lowest BCUT2D eigenvalue weighted by Gasteiger charge is -2.18. The molecule has 1 aromatic rings. The molecular weight excluding hydrogens is 337 g/mol. The van der Waals surface area contributed by atoms with Crippen molar-refractivity contribution < 1.29 is 28.9 Å². The highest BCUT2D eigenvalue weighted by Crippen LogP contribution is 2.15. The number of carbonyl (C=O) groups is 1. The van der Waals surface area contributed by atoms with Crippen molar-refractivity contribution in [3.63, 3.8) is 0 Å². The lowest BCUT2D eigenvalue weighted by Crippen LogP contribution is -2.29. The van der Waals surface area contributed by atoms with Crippen LogP contribution in [0.1, 0.15) is 40.2 Å². The molecule has 0 fully saturated rings. The Bertz CT molecular complexity index is 608. The summed E-state index contributed by atoms with van der Waals surface area (Å²) in [5, 5.41) is 18.2. The molecule has 0 saturated heterocycles. The lowest BCUT2D eigenvalue weighted by atomic mass is 10.1. The second-order valence-corrected chi connectivity index (χ2v) is 5.87. The molecule has 1 heterocycles. The van der Waals surface area contributed by atoms with E-state index in [4.69, 9.17) is 14.9 Å². The van der Waals surface area contributed by atoms with E-state index in [-0.39, 0.29) is 12.1 Å². The van der Waals surface area contributed by atoms with Crippen LogP contribution in [0.15, 0.2) is 11.0 Å². The third-order valence-electron chi connectivity index (χ3n) is 2.86. The number of nitrogens with zero attached hydrogens (tertiary/aromatic N) is 2. The molecule has 1 amide bonds. The summed E-state index contributed by atoms with van der Waals surface area (Å²) in [6.07, 6.45) is 0.567. The summed E-state index contributed by atoms with van der Waals surface area (Å²) in [4.78, 5) is 26.3. The fourth-order valence-corrected chi connectivity index (χ4v) is 1.69. The molecule has 0 aliphatic heterocycles. The Morgan fingerprint density at radius 2 is 1.92 bits per heavy atom. The van der Waals surface area contributed by atoms with Crippen LogP contribution in [0.25, 0.3) is 0 Å². The number of halogens is 1. The van der Waals surface area contributed by atoms with Gasteiger partial charge in [0.25, 0.3) is 0 Å². The van der Waals surface area contributed by atoms with Gasteiger partial charge in [-0.2, -0.15) is 4.98 Å². The summed E-state index contributed by atoms with van der Waals surface area (Å²) in [5.41, 5.74) is -0.659. The first-order valence-corrected chi connectivity index (χ1v) is 7.50. The molecule has 9 nitrogen and oxygen atoms in total. The SMILES string of the molecule is CC(C)(O)O.COC(=O)Nc1nc(=O)n(C(C)CC(C)OC)cc1F. The molecule has 0 aliphatic rings. The minimum atomic E-state index is -1.50. The number of hydrogen-bond acceptors (Lipinski definition) is 7. The molecule has 144 valence electrons. The monoisotopic (exact) mass is 363 g/mol. The molecule has 3 N–H and O–H groups in total. The van der Waals surface area contributed by atoms with Crippen molar-refractivity contribution in [2.45, 2.75) is 52.0 Å². The topological polar surface area (TPSA) is 123 Å². The van der Waals surface area contributed by atoms with Gasteiger partial charge in [-0.15, -0.1) is 0 Å². The smallest absolute Gasteiger partial charge is 0.412 e. The van der Waals surface area contributed by atoms with Gasteiger partial charge in [0, 0.05) is 19.3 Å². The van der Waals surface area contributed by atoms with E-state index in [9.17, 15) is 14.0 Å². The first-order chi connectivity index (χ1) is 11.4. The minimum absolute atomic E-state index is 0.0761. The first kappa shape index (κ1) is 23.0. The highest BCUT2D eigenvalue weighted by Gasteiger charge is 2.16. The molecule has 2 unspecified atom stereocenters. The maximum atomic E-state index is 13.8. The van der Waals surface area contributed by atoms with E-state index in [1.54, 1.807) is 14.0 Å². The minimum Gasteiger partial charge on any atom is -0.453 e. The van der Waals surface area contributed by atoms with Crippen molar-refractivity contribution in [2.75, 3.05) is 19.5 Å². The van der Waals surface area contributed by atoms with Crippen molar-refractivity contribution in [1.29, 1.82) is 0 Å². The molecule has 0 saturated carbocycles. The largest absolute Gasteiger partial charge is 0.453 e. The maximum Gasteiger partial charge on any atom is 0.412 e. The normalized spacial score (nSPS) is 13.3. The zero-order chi connectivity index (χ0) is 19.8. The van der Waals surface area contributed by atoms with Crippen LogP contribution in [0.2, 0.25) is 0 Å². The van der Waals surface area contributed by atoms with Crippen LogP contribution in [0.5, 0.6) is 0 Å². The van der Waals surface area contributed by atoms with Gasteiger partial charge < -0.3 is 19.7 Å². The number of methoxy groups -OCH3 is 2. The van der Waals surface area contributed by atoms with E-state index in [0.29, 0.717) is 6.42 Å². The van der Waals surface area contributed by atoms with Crippen LogP contribution in [-0.2, 0) is 9.47 Å². The summed E-state index contributed by atoms with van der Waals surface area (Å²) in [6.45, 7) is 6.20. The quantitative estimate of drug-likeness (QED) is 0.673. The van der Waals surface area contributed by atoms with Crippen LogP contribution in [0, 0.1) is 5.82 Å². The summed E-state index contributed by atoms with van der Waals surface area (Å²) < 4.78 is 24.4. The average molecular weight is 363 g/mol. The highest BCUT2D eigenvalue weighted by atomic mass is 19.1. The second-order valence-electron chi connectivity index (χ2n) is 5.87.